The summed E-state index contributed by atoms with van der Waals surface area (Å²) in [6.45, 7) is 0.423. The summed E-state index contributed by atoms with van der Waals surface area (Å²) in [4.78, 5) is 14.6. The van der Waals surface area contributed by atoms with Gasteiger partial charge in [0.1, 0.15) is 12.4 Å². The average Bonchev–Trinajstić information content (AvgIpc) is 2.81. The number of ether oxygens (including phenoxy) is 1. The fourth-order valence-electron chi connectivity index (χ4n) is 1.63. The van der Waals surface area contributed by atoms with E-state index in [2.05, 4.69) is 4.98 Å². The van der Waals surface area contributed by atoms with Crippen LogP contribution >= 0.6 is 0 Å². The Kier molecular flexibility index (Phi) is 3.76. The Morgan fingerprint density at radius 3 is 2.89 bits per heavy atom. The Labute approximate surface area is 109 Å². The molecule has 0 aliphatic rings. The normalized spacial score (nSPS) is 10.4. The second-order valence-electron chi connectivity index (χ2n) is 4.01. The molecule has 0 saturated carbocycles. The standard InChI is InChI=1S/C12H14N4O3/c1-15-5-4-14-12(15)8-19-11-3-2-9(7-13)6-10(11)16(17)18/h2-6H,7-8,13H2,1H3. The van der Waals surface area contributed by atoms with Crippen LogP contribution in [0.2, 0.25) is 0 Å². The van der Waals surface area contributed by atoms with Crippen LogP contribution in [0.3, 0.4) is 0 Å². The van der Waals surface area contributed by atoms with E-state index in [9.17, 15) is 10.1 Å². The van der Waals surface area contributed by atoms with Gasteiger partial charge in [0.25, 0.3) is 0 Å². The second kappa shape index (κ2) is 5.49. The molecule has 0 spiro atoms. The van der Waals surface area contributed by atoms with Gasteiger partial charge in [0.2, 0.25) is 0 Å². The topological polar surface area (TPSA) is 96.2 Å². The molecule has 19 heavy (non-hydrogen) atoms. The van der Waals surface area contributed by atoms with Crippen molar-refractivity contribution in [1.82, 2.24) is 9.55 Å². The molecule has 0 unspecified atom stereocenters. The van der Waals surface area contributed by atoms with Crippen LogP contribution in [-0.4, -0.2) is 14.5 Å². The van der Waals surface area contributed by atoms with E-state index in [4.69, 9.17) is 10.5 Å². The molecular weight excluding hydrogens is 248 g/mol. The number of rotatable bonds is 5. The minimum atomic E-state index is -0.479. The quantitative estimate of drug-likeness (QED) is 0.648. The maximum atomic E-state index is 11.0. The van der Waals surface area contributed by atoms with E-state index >= 15 is 0 Å². The molecule has 7 heteroatoms. The van der Waals surface area contributed by atoms with Crippen LogP contribution in [0.5, 0.6) is 5.75 Å². The van der Waals surface area contributed by atoms with Crippen LogP contribution in [0, 0.1) is 10.1 Å². The van der Waals surface area contributed by atoms with Gasteiger partial charge in [-0.1, -0.05) is 6.07 Å². The first-order valence-electron chi connectivity index (χ1n) is 5.68. The summed E-state index contributed by atoms with van der Waals surface area (Å²) in [5.74, 6) is 0.905. The molecule has 2 aromatic rings. The van der Waals surface area contributed by atoms with Crippen molar-refractivity contribution in [1.29, 1.82) is 0 Å². The minimum Gasteiger partial charge on any atom is -0.479 e. The highest BCUT2D eigenvalue weighted by atomic mass is 16.6. The lowest BCUT2D eigenvalue weighted by Crippen LogP contribution is -2.05. The first-order chi connectivity index (χ1) is 9.11. The van der Waals surface area contributed by atoms with Crippen molar-refractivity contribution >= 4 is 5.69 Å². The molecular formula is C12H14N4O3. The monoisotopic (exact) mass is 262 g/mol. The van der Waals surface area contributed by atoms with Gasteiger partial charge < -0.3 is 15.0 Å². The third-order valence-corrected chi connectivity index (χ3v) is 2.73. The molecule has 0 aliphatic carbocycles. The summed E-state index contributed by atoms with van der Waals surface area (Å²) in [7, 11) is 1.83. The van der Waals surface area contributed by atoms with Gasteiger partial charge in [0.15, 0.2) is 5.75 Å². The van der Waals surface area contributed by atoms with Gasteiger partial charge in [-0.05, 0) is 11.6 Å². The highest BCUT2D eigenvalue weighted by Crippen LogP contribution is 2.28. The van der Waals surface area contributed by atoms with E-state index in [1.165, 1.54) is 6.07 Å². The Hall–Kier alpha value is -2.41. The molecule has 2 rings (SSSR count). The Balaban J connectivity index is 2.20. The smallest absolute Gasteiger partial charge is 0.311 e. The third kappa shape index (κ3) is 2.89. The fourth-order valence-corrected chi connectivity index (χ4v) is 1.63. The van der Waals surface area contributed by atoms with Crippen molar-refractivity contribution in [2.75, 3.05) is 0 Å². The average molecular weight is 262 g/mol. The van der Waals surface area contributed by atoms with E-state index in [1.54, 1.807) is 29.1 Å². The zero-order valence-corrected chi connectivity index (χ0v) is 10.4. The van der Waals surface area contributed by atoms with Gasteiger partial charge in [-0.3, -0.25) is 10.1 Å². The highest BCUT2D eigenvalue weighted by molar-refractivity contribution is 5.48. The van der Waals surface area contributed by atoms with Crippen LogP contribution in [0.1, 0.15) is 11.4 Å². The maximum absolute atomic E-state index is 11.0. The Morgan fingerprint density at radius 1 is 1.53 bits per heavy atom. The number of nitro benzene ring substituents is 1. The molecule has 0 amide bonds. The lowest BCUT2D eigenvalue weighted by Gasteiger charge is -2.07. The number of nitro groups is 1. The highest BCUT2D eigenvalue weighted by Gasteiger charge is 2.16. The predicted octanol–water partition coefficient (Wildman–Crippen LogP) is 1.37. The second-order valence-corrected chi connectivity index (χ2v) is 4.01. The number of hydrogen-bond donors (Lipinski definition) is 1. The van der Waals surface area contributed by atoms with Gasteiger partial charge in [-0.15, -0.1) is 0 Å². The predicted molar refractivity (Wildman–Crippen MR) is 68.5 cm³/mol. The van der Waals surface area contributed by atoms with Crippen molar-refractivity contribution in [2.24, 2.45) is 12.8 Å². The first-order valence-corrected chi connectivity index (χ1v) is 5.68. The molecule has 0 atom stereocenters. The molecule has 0 aliphatic heterocycles. The van der Waals surface area contributed by atoms with Crippen LogP contribution in [0.4, 0.5) is 5.69 Å². The lowest BCUT2D eigenvalue weighted by atomic mass is 10.2. The Morgan fingerprint density at radius 2 is 2.32 bits per heavy atom. The third-order valence-electron chi connectivity index (χ3n) is 2.73. The molecule has 1 aromatic heterocycles. The molecule has 100 valence electrons. The van der Waals surface area contributed by atoms with Crippen LogP contribution in [0.25, 0.3) is 0 Å². The summed E-state index contributed by atoms with van der Waals surface area (Å²) in [6, 6.07) is 4.69. The van der Waals surface area contributed by atoms with Crippen molar-refractivity contribution in [3.63, 3.8) is 0 Å². The molecule has 1 heterocycles. The van der Waals surface area contributed by atoms with Gasteiger partial charge >= 0.3 is 5.69 Å². The van der Waals surface area contributed by atoms with Crippen molar-refractivity contribution in [3.05, 3.63) is 52.1 Å². The number of benzene rings is 1. The number of nitrogens with two attached hydrogens (primary N) is 1. The minimum absolute atomic E-state index is 0.0860. The number of imidazole rings is 1. The largest absolute Gasteiger partial charge is 0.479 e. The number of nitrogens with zero attached hydrogens (tertiary/aromatic N) is 3. The molecule has 1 aromatic carbocycles. The van der Waals surface area contributed by atoms with Crippen LogP contribution in [0.15, 0.2) is 30.6 Å². The summed E-state index contributed by atoms with van der Waals surface area (Å²) in [5.41, 5.74) is 6.07. The van der Waals surface area contributed by atoms with E-state index in [1.807, 2.05) is 7.05 Å². The maximum Gasteiger partial charge on any atom is 0.311 e. The fraction of sp³-hybridized carbons (Fsp3) is 0.250. The lowest BCUT2D eigenvalue weighted by molar-refractivity contribution is -0.386. The van der Waals surface area contributed by atoms with Crippen molar-refractivity contribution < 1.29 is 9.66 Å². The van der Waals surface area contributed by atoms with E-state index in [-0.39, 0.29) is 24.6 Å². The molecule has 0 bridgehead atoms. The summed E-state index contributed by atoms with van der Waals surface area (Å²) in [6.07, 6.45) is 3.43. The number of aromatic nitrogens is 2. The summed E-state index contributed by atoms with van der Waals surface area (Å²) in [5, 5.41) is 11.0. The molecule has 0 fully saturated rings. The van der Waals surface area contributed by atoms with E-state index in [0.29, 0.717) is 11.4 Å². The molecule has 0 radical (unpaired) electrons. The van der Waals surface area contributed by atoms with Crippen LogP contribution in [-0.2, 0) is 20.2 Å². The van der Waals surface area contributed by atoms with Gasteiger partial charge in [0, 0.05) is 32.1 Å². The van der Waals surface area contributed by atoms with Crippen molar-refractivity contribution in [2.45, 2.75) is 13.2 Å². The zero-order chi connectivity index (χ0) is 13.8. The van der Waals surface area contributed by atoms with Gasteiger partial charge in [0.05, 0.1) is 4.92 Å². The van der Waals surface area contributed by atoms with Gasteiger partial charge in [-0.2, -0.15) is 0 Å². The van der Waals surface area contributed by atoms with E-state index < -0.39 is 4.92 Å². The summed E-state index contributed by atoms with van der Waals surface area (Å²) < 4.78 is 7.25. The van der Waals surface area contributed by atoms with Crippen molar-refractivity contribution in [3.8, 4) is 5.75 Å². The zero-order valence-electron chi connectivity index (χ0n) is 10.4. The molecule has 7 nitrogen and oxygen atoms in total. The van der Waals surface area contributed by atoms with Gasteiger partial charge in [-0.25, -0.2) is 4.98 Å². The summed E-state index contributed by atoms with van der Waals surface area (Å²) >= 11 is 0. The Bertz CT molecular complexity index is 594. The molecule has 2 N–H and O–H groups in total. The van der Waals surface area contributed by atoms with E-state index in [0.717, 1.165) is 0 Å². The number of aryl methyl sites for hydroxylation is 1. The first kappa shape index (κ1) is 13.0. The molecule has 0 saturated heterocycles. The SMILES string of the molecule is Cn1ccnc1COc1ccc(CN)cc1[N+](=O)[O-]. The number of hydrogen-bond acceptors (Lipinski definition) is 5. The van der Waals surface area contributed by atoms with Crippen LogP contribution < -0.4 is 10.5 Å².